The van der Waals surface area contributed by atoms with Crippen molar-refractivity contribution in [3.63, 3.8) is 0 Å². The van der Waals surface area contributed by atoms with Gasteiger partial charge in [-0.15, -0.1) is 0 Å². The van der Waals surface area contributed by atoms with E-state index >= 15 is 0 Å². The minimum atomic E-state index is -0.395. The van der Waals surface area contributed by atoms with Crippen molar-refractivity contribution >= 4 is 5.97 Å². The van der Waals surface area contributed by atoms with Crippen LogP contribution in [0.25, 0.3) is 0 Å². The van der Waals surface area contributed by atoms with Gasteiger partial charge in [0.15, 0.2) is 0 Å². The Kier molecular flexibility index (Phi) is 7.40. The fourth-order valence-corrected chi connectivity index (χ4v) is 2.99. The molecule has 0 spiro atoms. The van der Waals surface area contributed by atoms with Gasteiger partial charge in [-0.2, -0.15) is 0 Å². The lowest BCUT2D eigenvalue weighted by molar-refractivity contribution is -0.374. The van der Waals surface area contributed by atoms with E-state index in [9.17, 15) is 4.79 Å². The molecule has 0 aromatic heterocycles. The Labute approximate surface area is 128 Å². The van der Waals surface area contributed by atoms with Crippen molar-refractivity contribution in [2.24, 2.45) is 5.92 Å². The van der Waals surface area contributed by atoms with Crippen LogP contribution in [-0.4, -0.2) is 24.8 Å². The average Bonchev–Trinajstić information content (AvgIpc) is 2.48. The van der Waals surface area contributed by atoms with Gasteiger partial charge in [0, 0.05) is 0 Å². The third-order valence-corrected chi connectivity index (χ3v) is 4.22. The fraction of sp³-hybridized carbons (Fsp3) is 0.824. The van der Waals surface area contributed by atoms with Gasteiger partial charge in [0.25, 0.3) is 0 Å². The number of rotatable bonds is 8. The SMILES string of the molecule is CCCC(CC)CC1(C)C=C(CC)C(CC(=O)OC)OO1. The maximum Gasteiger partial charge on any atom is 0.308 e. The van der Waals surface area contributed by atoms with Gasteiger partial charge in [-0.05, 0) is 37.3 Å². The number of hydrogen-bond donors (Lipinski definition) is 0. The van der Waals surface area contributed by atoms with E-state index in [1.165, 1.54) is 20.0 Å². The van der Waals surface area contributed by atoms with Crippen molar-refractivity contribution in [2.75, 3.05) is 7.11 Å². The van der Waals surface area contributed by atoms with Gasteiger partial charge in [-0.25, -0.2) is 9.78 Å². The number of hydrogen-bond acceptors (Lipinski definition) is 4. The molecule has 3 atom stereocenters. The largest absolute Gasteiger partial charge is 0.469 e. The topological polar surface area (TPSA) is 44.8 Å². The van der Waals surface area contributed by atoms with Gasteiger partial charge < -0.3 is 4.74 Å². The second-order valence-electron chi connectivity index (χ2n) is 6.10. The van der Waals surface area contributed by atoms with Crippen LogP contribution in [0.1, 0.15) is 66.2 Å². The molecule has 0 saturated heterocycles. The highest BCUT2D eigenvalue weighted by atomic mass is 17.2. The Balaban J connectivity index is 2.77. The van der Waals surface area contributed by atoms with Crippen molar-refractivity contribution in [1.29, 1.82) is 0 Å². The van der Waals surface area contributed by atoms with Crippen LogP contribution in [0.3, 0.4) is 0 Å². The van der Waals surface area contributed by atoms with Crippen LogP contribution in [0.2, 0.25) is 0 Å². The highest BCUT2D eigenvalue weighted by Gasteiger charge is 2.35. The number of carbonyl (C=O) groups excluding carboxylic acids is 1. The molecule has 0 aromatic rings. The van der Waals surface area contributed by atoms with Crippen LogP contribution < -0.4 is 0 Å². The fourth-order valence-electron chi connectivity index (χ4n) is 2.99. The third-order valence-electron chi connectivity index (χ3n) is 4.22. The Morgan fingerprint density at radius 1 is 1.43 bits per heavy atom. The smallest absolute Gasteiger partial charge is 0.308 e. The molecule has 0 radical (unpaired) electrons. The van der Waals surface area contributed by atoms with Crippen LogP contribution in [0.4, 0.5) is 0 Å². The molecule has 4 heteroatoms. The Morgan fingerprint density at radius 2 is 2.14 bits per heavy atom. The van der Waals surface area contributed by atoms with E-state index in [-0.39, 0.29) is 18.5 Å². The molecule has 1 rings (SSSR count). The van der Waals surface area contributed by atoms with E-state index in [0.29, 0.717) is 5.92 Å². The summed E-state index contributed by atoms with van der Waals surface area (Å²) in [6, 6.07) is 0. The van der Waals surface area contributed by atoms with Crippen molar-refractivity contribution in [1.82, 2.24) is 0 Å². The first-order valence-corrected chi connectivity index (χ1v) is 8.10. The predicted octanol–water partition coefficient (Wildman–Crippen LogP) is 4.19. The Morgan fingerprint density at radius 3 is 2.67 bits per heavy atom. The number of esters is 1. The number of carbonyl (C=O) groups is 1. The van der Waals surface area contributed by atoms with E-state index < -0.39 is 5.60 Å². The predicted molar refractivity (Wildman–Crippen MR) is 82.7 cm³/mol. The molecule has 0 aliphatic carbocycles. The summed E-state index contributed by atoms with van der Waals surface area (Å²) in [4.78, 5) is 22.6. The van der Waals surface area contributed by atoms with Gasteiger partial charge in [0.05, 0.1) is 13.5 Å². The summed E-state index contributed by atoms with van der Waals surface area (Å²) in [6.45, 7) is 8.57. The molecule has 0 fully saturated rings. The second kappa shape index (κ2) is 8.54. The molecule has 3 unspecified atom stereocenters. The van der Waals surface area contributed by atoms with E-state index in [4.69, 9.17) is 14.5 Å². The minimum absolute atomic E-state index is 0.207. The summed E-state index contributed by atoms with van der Waals surface area (Å²) in [5.74, 6) is 0.360. The Bertz CT molecular complexity index is 364. The van der Waals surface area contributed by atoms with E-state index in [2.05, 4.69) is 33.8 Å². The van der Waals surface area contributed by atoms with Crippen molar-refractivity contribution in [3.8, 4) is 0 Å². The summed E-state index contributed by atoms with van der Waals surface area (Å²) >= 11 is 0. The zero-order valence-electron chi connectivity index (χ0n) is 14.1. The van der Waals surface area contributed by atoms with Gasteiger partial charge in [0.2, 0.25) is 0 Å². The lowest BCUT2D eigenvalue weighted by Gasteiger charge is -2.36. The molecule has 0 N–H and O–H groups in total. The molecule has 1 aliphatic rings. The van der Waals surface area contributed by atoms with E-state index in [0.717, 1.165) is 24.8 Å². The zero-order valence-corrected chi connectivity index (χ0v) is 14.1. The summed E-state index contributed by atoms with van der Waals surface area (Å²) < 4.78 is 4.71. The quantitative estimate of drug-likeness (QED) is 0.383. The maximum absolute atomic E-state index is 11.4. The van der Waals surface area contributed by atoms with Gasteiger partial charge in [-0.3, -0.25) is 4.79 Å². The molecule has 4 nitrogen and oxygen atoms in total. The third kappa shape index (κ3) is 5.44. The molecule has 1 heterocycles. The number of methoxy groups -OCH3 is 1. The van der Waals surface area contributed by atoms with Crippen molar-refractivity contribution in [2.45, 2.75) is 77.9 Å². The van der Waals surface area contributed by atoms with E-state index in [1.807, 2.05) is 0 Å². The summed E-state index contributed by atoms with van der Waals surface area (Å²) in [5, 5.41) is 0. The van der Waals surface area contributed by atoms with Crippen LogP contribution >= 0.6 is 0 Å². The first kappa shape index (κ1) is 18.2. The molecular formula is C17H30O4. The van der Waals surface area contributed by atoms with Crippen LogP contribution in [0, 0.1) is 5.92 Å². The molecule has 1 aliphatic heterocycles. The average molecular weight is 298 g/mol. The van der Waals surface area contributed by atoms with Crippen LogP contribution in [-0.2, 0) is 19.3 Å². The normalized spacial score (nSPS) is 27.1. The Hall–Kier alpha value is -0.870. The summed E-state index contributed by atoms with van der Waals surface area (Å²) in [6.07, 6.45) is 7.38. The maximum atomic E-state index is 11.4. The van der Waals surface area contributed by atoms with Crippen molar-refractivity contribution < 1.29 is 19.3 Å². The molecule has 0 amide bonds. The molecule has 0 aromatic carbocycles. The first-order valence-electron chi connectivity index (χ1n) is 8.10. The molecule has 21 heavy (non-hydrogen) atoms. The molecular weight excluding hydrogens is 268 g/mol. The van der Waals surface area contributed by atoms with Gasteiger partial charge in [-0.1, -0.05) is 40.0 Å². The highest BCUT2D eigenvalue weighted by Crippen LogP contribution is 2.35. The van der Waals surface area contributed by atoms with Crippen LogP contribution in [0.5, 0.6) is 0 Å². The molecule has 122 valence electrons. The monoisotopic (exact) mass is 298 g/mol. The molecule has 0 bridgehead atoms. The highest BCUT2D eigenvalue weighted by molar-refractivity contribution is 5.70. The summed E-state index contributed by atoms with van der Waals surface area (Å²) in [7, 11) is 1.39. The summed E-state index contributed by atoms with van der Waals surface area (Å²) in [5.41, 5.74) is 0.730. The van der Waals surface area contributed by atoms with Crippen LogP contribution in [0.15, 0.2) is 11.6 Å². The zero-order chi connectivity index (χ0) is 15.9. The number of ether oxygens (including phenoxy) is 1. The van der Waals surface area contributed by atoms with Gasteiger partial charge in [0.1, 0.15) is 11.7 Å². The molecule has 0 saturated carbocycles. The first-order chi connectivity index (χ1) is 9.97. The standard InChI is InChI=1S/C17H30O4/c1-6-9-13(7-2)11-17(4)12-14(8-3)15(20-21-17)10-16(18)19-5/h12-13,15H,6-11H2,1-5H3. The lowest BCUT2D eigenvalue weighted by atomic mass is 9.84. The van der Waals surface area contributed by atoms with Crippen molar-refractivity contribution in [3.05, 3.63) is 11.6 Å². The van der Waals surface area contributed by atoms with Gasteiger partial charge >= 0.3 is 5.97 Å². The second-order valence-corrected chi connectivity index (χ2v) is 6.10. The van der Waals surface area contributed by atoms with E-state index in [1.54, 1.807) is 0 Å². The minimum Gasteiger partial charge on any atom is -0.469 e. The lowest BCUT2D eigenvalue weighted by Crippen LogP contribution is -2.38.